The molecule has 0 saturated carbocycles. The lowest BCUT2D eigenvalue weighted by molar-refractivity contribution is 0.193. The second kappa shape index (κ2) is 11.3. The van der Waals surface area contributed by atoms with Crippen LogP contribution in [0.15, 0.2) is 53.5 Å². The third-order valence-corrected chi connectivity index (χ3v) is 4.32. The van der Waals surface area contributed by atoms with Crippen molar-refractivity contribution >= 4 is 23.1 Å². The molecule has 0 bridgehead atoms. The first-order valence-electron chi connectivity index (χ1n) is 8.88. The van der Waals surface area contributed by atoms with E-state index in [9.17, 15) is 0 Å². The van der Waals surface area contributed by atoms with Gasteiger partial charge in [0, 0.05) is 12.1 Å². The van der Waals surface area contributed by atoms with E-state index in [0.717, 1.165) is 29.7 Å². The predicted molar refractivity (Wildman–Crippen MR) is 109 cm³/mol. The van der Waals surface area contributed by atoms with Gasteiger partial charge in [-0.3, -0.25) is 0 Å². The Morgan fingerprint density at radius 2 is 2.04 bits per heavy atom. The maximum Gasteiger partial charge on any atom is 0.148 e. The Labute approximate surface area is 164 Å². The minimum absolute atomic E-state index is 0.250. The summed E-state index contributed by atoms with van der Waals surface area (Å²) in [7, 11) is 0. The molecule has 2 aromatic rings. The molecule has 0 aliphatic rings. The summed E-state index contributed by atoms with van der Waals surface area (Å²) in [6.45, 7) is 5.45. The van der Waals surface area contributed by atoms with Crippen molar-refractivity contribution in [2.24, 2.45) is 5.16 Å². The SMILES string of the molecule is CCc1ncnc(NCC/C=C(\C)COC/C(=N\O)c2ccccc2)c1Cl. The van der Waals surface area contributed by atoms with Gasteiger partial charge in [0.2, 0.25) is 0 Å². The first-order chi connectivity index (χ1) is 13.2. The summed E-state index contributed by atoms with van der Waals surface area (Å²) >= 11 is 6.26. The number of anilines is 1. The van der Waals surface area contributed by atoms with E-state index < -0.39 is 0 Å². The highest BCUT2D eigenvalue weighted by atomic mass is 35.5. The Morgan fingerprint density at radius 1 is 1.26 bits per heavy atom. The Hall–Kier alpha value is -2.44. The molecule has 0 unspecified atom stereocenters. The third kappa shape index (κ3) is 6.66. The Bertz CT molecular complexity index is 779. The Kier molecular flexibility index (Phi) is 8.74. The maximum atomic E-state index is 9.15. The van der Waals surface area contributed by atoms with Crippen molar-refractivity contribution < 1.29 is 9.94 Å². The van der Waals surface area contributed by atoms with E-state index in [-0.39, 0.29) is 6.61 Å². The number of halogens is 1. The normalized spacial score (nSPS) is 12.3. The fourth-order valence-electron chi connectivity index (χ4n) is 2.45. The molecule has 0 amide bonds. The van der Waals surface area contributed by atoms with Crippen LogP contribution in [0, 0.1) is 0 Å². The Morgan fingerprint density at radius 3 is 2.74 bits per heavy atom. The largest absolute Gasteiger partial charge is 0.411 e. The molecule has 0 saturated heterocycles. The smallest absolute Gasteiger partial charge is 0.148 e. The van der Waals surface area contributed by atoms with Gasteiger partial charge in [-0.1, -0.05) is 65.7 Å². The lowest BCUT2D eigenvalue weighted by Gasteiger charge is -2.09. The predicted octanol–water partition coefficient (Wildman–Crippen LogP) is 4.34. The van der Waals surface area contributed by atoms with E-state index in [2.05, 4.69) is 26.5 Å². The summed E-state index contributed by atoms with van der Waals surface area (Å²) in [5.41, 5.74) is 3.30. The first-order valence-corrected chi connectivity index (χ1v) is 9.26. The number of benzene rings is 1. The van der Waals surface area contributed by atoms with Gasteiger partial charge in [-0.25, -0.2) is 9.97 Å². The van der Waals surface area contributed by atoms with Gasteiger partial charge < -0.3 is 15.3 Å². The fraction of sp³-hybridized carbons (Fsp3) is 0.350. The number of aryl methyl sites for hydroxylation is 1. The molecule has 2 rings (SSSR count). The van der Waals surface area contributed by atoms with Crippen molar-refractivity contribution in [2.45, 2.75) is 26.7 Å². The van der Waals surface area contributed by atoms with Crippen LogP contribution in [0.25, 0.3) is 0 Å². The number of nitrogens with zero attached hydrogens (tertiary/aromatic N) is 3. The molecule has 0 atom stereocenters. The van der Waals surface area contributed by atoms with E-state index in [0.29, 0.717) is 29.7 Å². The fourth-order valence-corrected chi connectivity index (χ4v) is 2.75. The van der Waals surface area contributed by atoms with Crippen molar-refractivity contribution in [3.8, 4) is 0 Å². The number of hydrogen-bond donors (Lipinski definition) is 2. The average molecular weight is 389 g/mol. The molecule has 144 valence electrons. The van der Waals surface area contributed by atoms with Crippen LogP contribution in [0.3, 0.4) is 0 Å². The number of nitrogens with one attached hydrogen (secondary N) is 1. The molecular weight excluding hydrogens is 364 g/mol. The molecule has 0 fully saturated rings. The quantitative estimate of drug-likeness (QED) is 0.208. The topological polar surface area (TPSA) is 79.6 Å². The minimum Gasteiger partial charge on any atom is -0.411 e. The standard InChI is InChI=1S/C20H25ClN4O2/c1-3-17-19(21)20(24-14-23-17)22-11-7-8-15(2)12-27-13-18(25-26)16-9-5-4-6-10-16/h4-6,8-10,14,26H,3,7,11-13H2,1-2H3,(H,22,23,24)/b15-8+,25-18+. The molecule has 2 N–H and O–H groups in total. The summed E-state index contributed by atoms with van der Waals surface area (Å²) in [5, 5.41) is 16.3. The van der Waals surface area contributed by atoms with Gasteiger partial charge in [-0.15, -0.1) is 0 Å². The molecular formula is C20H25ClN4O2. The second-order valence-corrected chi connectivity index (χ2v) is 6.39. The summed E-state index contributed by atoms with van der Waals surface area (Å²) in [6.07, 6.45) is 5.21. The van der Waals surface area contributed by atoms with Crippen LogP contribution in [-0.2, 0) is 11.2 Å². The lowest BCUT2D eigenvalue weighted by Crippen LogP contribution is -2.12. The van der Waals surface area contributed by atoms with Crippen LogP contribution in [0.2, 0.25) is 5.02 Å². The van der Waals surface area contributed by atoms with Gasteiger partial charge in [0.1, 0.15) is 22.9 Å². The minimum atomic E-state index is 0.250. The first kappa shape index (κ1) is 20.9. The van der Waals surface area contributed by atoms with Crippen LogP contribution in [0.4, 0.5) is 5.82 Å². The number of aromatic nitrogens is 2. The van der Waals surface area contributed by atoms with Gasteiger partial charge in [-0.05, 0) is 19.8 Å². The van der Waals surface area contributed by atoms with E-state index in [1.54, 1.807) is 0 Å². The number of oxime groups is 1. The summed E-state index contributed by atoms with van der Waals surface area (Å²) in [6, 6.07) is 9.47. The van der Waals surface area contributed by atoms with Gasteiger partial charge in [0.15, 0.2) is 0 Å². The van der Waals surface area contributed by atoms with Gasteiger partial charge in [0.05, 0.1) is 18.9 Å². The molecule has 7 heteroatoms. The van der Waals surface area contributed by atoms with Crippen LogP contribution in [-0.4, -0.2) is 40.6 Å². The number of hydrogen-bond acceptors (Lipinski definition) is 6. The number of ether oxygens (including phenoxy) is 1. The zero-order valence-electron chi connectivity index (χ0n) is 15.7. The van der Waals surface area contributed by atoms with Gasteiger partial charge >= 0.3 is 0 Å². The van der Waals surface area contributed by atoms with Crippen LogP contribution in [0.1, 0.15) is 31.5 Å². The van der Waals surface area contributed by atoms with Crippen molar-refractivity contribution in [1.29, 1.82) is 0 Å². The van der Waals surface area contributed by atoms with E-state index in [1.807, 2.05) is 44.2 Å². The molecule has 1 aromatic carbocycles. The Balaban J connectivity index is 1.73. The lowest BCUT2D eigenvalue weighted by atomic mass is 10.1. The second-order valence-electron chi connectivity index (χ2n) is 6.01. The molecule has 0 spiro atoms. The molecule has 1 aromatic heterocycles. The molecule has 0 aliphatic heterocycles. The monoisotopic (exact) mass is 388 g/mol. The third-order valence-electron chi connectivity index (χ3n) is 3.92. The van der Waals surface area contributed by atoms with Crippen molar-refractivity contribution in [3.63, 3.8) is 0 Å². The highest BCUT2D eigenvalue weighted by Gasteiger charge is 2.07. The van der Waals surface area contributed by atoms with E-state index >= 15 is 0 Å². The number of rotatable bonds is 10. The van der Waals surface area contributed by atoms with E-state index in [4.69, 9.17) is 21.5 Å². The van der Waals surface area contributed by atoms with Crippen molar-refractivity contribution in [1.82, 2.24) is 9.97 Å². The summed E-state index contributed by atoms with van der Waals surface area (Å²) in [5.74, 6) is 0.664. The highest BCUT2D eigenvalue weighted by molar-refractivity contribution is 6.33. The van der Waals surface area contributed by atoms with Gasteiger partial charge in [0.25, 0.3) is 0 Å². The zero-order valence-corrected chi connectivity index (χ0v) is 16.4. The van der Waals surface area contributed by atoms with Crippen LogP contribution < -0.4 is 5.32 Å². The van der Waals surface area contributed by atoms with Crippen molar-refractivity contribution in [2.75, 3.05) is 25.1 Å². The molecule has 0 aliphatic carbocycles. The van der Waals surface area contributed by atoms with Gasteiger partial charge in [-0.2, -0.15) is 0 Å². The average Bonchev–Trinajstić information content (AvgIpc) is 2.70. The van der Waals surface area contributed by atoms with E-state index in [1.165, 1.54) is 6.33 Å². The van der Waals surface area contributed by atoms with Crippen LogP contribution >= 0.6 is 11.6 Å². The molecule has 27 heavy (non-hydrogen) atoms. The molecule has 1 heterocycles. The summed E-state index contributed by atoms with van der Waals surface area (Å²) in [4.78, 5) is 8.33. The molecule has 0 radical (unpaired) electrons. The zero-order chi connectivity index (χ0) is 19.5. The molecule has 6 nitrogen and oxygen atoms in total. The summed E-state index contributed by atoms with van der Waals surface area (Å²) < 4.78 is 5.65. The van der Waals surface area contributed by atoms with Crippen LogP contribution in [0.5, 0.6) is 0 Å². The van der Waals surface area contributed by atoms with Crippen molar-refractivity contribution in [3.05, 3.63) is 64.6 Å². The highest BCUT2D eigenvalue weighted by Crippen LogP contribution is 2.21. The maximum absolute atomic E-state index is 9.15.